The van der Waals surface area contributed by atoms with Gasteiger partial charge in [-0.2, -0.15) is 13.2 Å². The molecular formula is C12H15F3N2O2S2. The van der Waals surface area contributed by atoms with Crippen LogP contribution in [0, 0.1) is 12.8 Å². The molecule has 0 aromatic heterocycles. The highest BCUT2D eigenvalue weighted by atomic mass is 32.2. The molecule has 0 saturated carbocycles. The first-order valence-corrected chi connectivity index (χ1v) is 7.81. The molecule has 118 valence electrons. The molecule has 1 rings (SSSR count). The number of rotatable bonds is 5. The average Bonchev–Trinajstić information content (AvgIpc) is 2.34. The Bertz CT molecular complexity index is 642. The van der Waals surface area contributed by atoms with E-state index in [0.717, 1.165) is 25.1 Å². The normalized spacial score (nSPS) is 14.0. The predicted octanol–water partition coefficient (Wildman–Crippen LogP) is 2.21. The zero-order chi connectivity index (χ0) is 16.4. The molecule has 3 N–H and O–H groups in total. The van der Waals surface area contributed by atoms with Crippen molar-refractivity contribution in [2.24, 2.45) is 11.7 Å². The fourth-order valence-corrected chi connectivity index (χ4v) is 3.10. The molecular weight excluding hydrogens is 325 g/mol. The van der Waals surface area contributed by atoms with Crippen LogP contribution in [0.5, 0.6) is 0 Å². The van der Waals surface area contributed by atoms with Gasteiger partial charge in [-0.05, 0) is 24.6 Å². The van der Waals surface area contributed by atoms with E-state index < -0.39 is 32.6 Å². The van der Waals surface area contributed by atoms with Crippen molar-refractivity contribution in [2.45, 2.75) is 24.9 Å². The van der Waals surface area contributed by atoms with Crippen molar-refractivity contribution in [3.8, 4) is 0 Å². The van der Waals surface area contributed by atoms with Crippen LogP contribution in [0.1, 0.15) is 18.1 Å². The zero-order valence-electron chi connectivity index (χ0n) is 11.4. The second kappa shape index (κ2) is 6.29. The molecule has 0 fully saturated rings. The molecule has 1 unspecified atom stereocenters. The smallest absolute Gasteiger partial charge is 0.393 e. The molecule has 0 aliphatic rings. The Hall–Kier alpha value is -1.19. The summed E-state index contributed by atoms with van der Waals surface area (Å²) in [4.78, 5) is -0.286. The topological polar surface area (TPSA) is 72.2 Å². The van der Waals surface area contributed by atoms with Crippen molar-refractivity contribution < 1.29 is 21.6 Å². The zero-order valence-corrected chi connectivity index (χ0v) is 13.0. The minimum atomic E-state index is -4.61. The average molecular weight is 340 g/mol. The first-order chi connectivity index (χ1) is 9.47. The van der Waals surface area contributed by atoms with Crippen LogP contribution in [0.25, 0.3) is 0 Å². The Morgan fingerprint density at radius 2 is 2.00 bits per heavy atom. The van der Waals surface area contributed by atoms with Crippen LogP contribution in [0.4, 0.5) is 13.2 Å². The molecule has 0 aliphatic heterocycles. The summed E-state index contributed by atoms with van der Waals surface area (Å²) in [5.41, 5.74) is 4.04. The van der Waals surface area contributed by atoms with E-state index in [-0.39, 0.29) is 17.1 Å². The summed E-state index contributed by atoms with van der Waals surface area (Å²) in [6, 6.07) is 3.02. The molecule has 0 radical (unpaired) electrons. The van der Waals surface area contributed by atoms with Crippen LogP contribution >= 0.6 is 12.2 Å². The third kappa shape index (κ3) is 4.39. The maximum absolute atomic E-state index is 12.8. The van der Waals surface area contributed by atoms with Gasteiger partial charge in [0.25, 0.3) is 0 Å². The lowest BCUT2D eigenvalue weighted by Crippen LogP contribution is -2.34. The molecule has 0 saturated heterocycles. The number of sulfonamides is 1. The van der Waals surface area contributed by atoms with Crippen molar-refractivity contribution >= 4 is 27.2 Å². The SMILES string of the molecule is Cc1c(C(F)(F)F)cccc1S(=O)(=O)NCC(C)C(N)=S. The molecule has 0 aliphatic carbocycles. The van der Waals surface area contributed by atoms with Crippen LogP contribution in [0.3, 0.4) is 0 Å². The summed E-state index contributed by atoms with van der Waals surface area (Å²) < 4.78 is 64.8. The number of nitrogens with two attached hydrogens (primary N) is 1. The fourth-order valence-electron chi connectivity index (χ4n) is 1.63. The van der Waals surface area contributed by atoms with Crippen LogP contribution in [-0.4, -0.2) is 20.0 Å². The van der Waals surface area contributed by atoms with E-state index in [0.29, 0.717) is 0 Å². The summed E-state index contributed by atoms with van der Waals surface area (Å²) in [5.74, 6) is -0.402. The third-order valence-corrected chi connectivity index (χ3v) is 4.91. The van der Waals surface area contributed by atoms with Crippen molar-refractivity contribution in [1.82, 2.24) is 4.72 Å². The van der Waals surface area contributed by atoms with E-state index in [1.54, 1.807) is 6.92 Å². The summed E-state index contributed by atoms with van der Waals surface area (Å²) >= 11 is 4.71. The third-order valence-electron chi connectivity index (χ3n) is 2.94. The van der Waals surface area contributed by atoms with E-state index in [4.69, 9.17) is 18.0 Å². The molecule has 1 atom stereocenters. The lowest BCUT2D eigenvalue weighted by atomic mass is 10.1. The standard InChI is InChI=1S/C12H15F3N2O2S2/c1-7(11(16)20)6-17-21(18,19)10-5-3-4-9(8(10)2)12(13,14)15/h3-5,7,17H,6H2,1-2H3,(H2,16,20). The first-order valence-electron chi connectivity index (χ1n) is 5.92. The van der Waals surface area contributed by atoms with E-state index >= 15 is 0 Å². The maximum atomic E-state index is 12.8. The van der Waals surface area contributed by atoms with Gasteiger partial charge in [-0.15, -0.1) is 0 Å². The van der Waals surface area contributed by atoms with Gasteiger partial charge in [-0.25, -0.2) is 13.1 Å². The lowest BCUT2D eigenvalue weighted by Gasteiger charge is -2.16. The van der Waals surface area contributed by atoms with E-state index in [1.807, 2.05) is 0 Å². The molecule has 0 bridgehead atoms. The van der Waals surface area contributed by atoms with Crippen molar-refractivity contribution in [2.75, 3.05) is 6.54 Å². The van der Waals surface area contributed by atoms with E-state index in [2.05, 4.69) is 4.72 Å². The summed E-state index contributed by atoms with van der Waals surface area (Å²) in [5, 5.41) is 0. The Balaban J connectivity index is 3.13. The summed E-state index contributed by atoms with van der Waals surface area (Å²) in [6.07, 6.45) is -4.61. The molecule has 0 spiro atoms. The molecule has 0 amide bonds. The van der Waals surface area contributed by atoms with E-state index in [1.165, 1.54) is 0 Å². The number of hydrogen-bond donors (Lipinski definition) is 2. The van der Waals surface area contributed by atoms with Gasteiger partial charge >= 0.3 is 6.18 Å². The van der Waals surface area contributed by atoms with Gasteiger partial charge in [0.15, 0.2) is 0 Å². The number of alkyl halides is 3. The first kappa shape index (κ1) is 17.9. The number of benzene rings is 1. The van der Waals surface area contributed by atoms with Crippen molar-refractivity contribution in [3.05, 3.63) is 29.3 Å². The summed E-state index contributed by atoms with van der Waals surface area (Å²) in [7, 11) is -4.07. The maximum Gasteiger partial charge on any atom is 0.416 e. The lowest BCUT2D eigenvalue weighted by molar-refractivity contribution is -0.138. The number of hydrogen-bond acceptors (Lipinski definition) is 3. The number of thiocarbonyl (C=S) groups is 1. The highest BCUT2D eigenvalue weighted by Crippen LogP contribution is 2.34. The molecule has 1 aromatic carbocycles. The Morgan fingerprint density at radius 3 is 2.48 bits per heavy atom. The largest absolute Gasteiger partial charge is 0.416 e. The van der Waals surface area contributed by atoms with Gasteiger partial charge in [0.2, 0.25) is 10.0 Å². The van der Waals surface area contributed by atoms with Gasteiger partial charge in [-0.1, -0.05) is 25.2 Å². The quantitative estimate of drug-likeness (QED) is 0.806. The highest BCUT2D eigenvalue weighted by Gasteiger charge is 2.34. The minimum absolute atomic E-state index is 0.0760. The number of halogens is 3. The molecule has 4 nitrogen and oxygen atoms in total. The molecule has 21 heavy (non-hydrogen) atoms. The number of nitrogens with one attached hydrogen (secondary N) is 1. The Kier molecular flexibility index (Phi) is 5.35. The minimum Gasteiger partial charge on any atom is -0.393 e. The molecule has 0 heterocycles. The fraction of sp³-hybridized carbons (Fsp3) is 0.417. The molecule has 1 aromatic rings. The van der Waals surface area contributed by atoms with Gasteiger partial charge in [0.1, 0.15) is 0 Å². The second-order valence-corrected chi connectivity index (χ2v) is 6.79. The molecule has 9 heteroatoms. The van der Waals surface area contributed by atoms with Gasteiger partial charge in [-0.3, -0.25) is 0 Å². The van der Waals surface area contributed by atoms with Crippen molar-refractivity contribution in [1.29, 1.82) is 0 Å². The highest BCUT2D eigenvalue weighted by molar-refractivity contribution is 7.89. The van der Waals surface area contributed by atoms with Crippen LogP contribution in [-0.2, 0) is 16.2 Å². The van der Waals surface area contributed by atoms with Gasteiger partial charge in [0.05, 0.1) is 15.4 Å². The Morgan fingerprint density at radius 1 is 1.43 bits per heavy atom. The Labute approximate surface area is 126 Å². The predicted molar refractivity (Wildman–Crippen MR) is 77.3 cm³/mol. The van der Waals surface area contributed by atoms with Gasteiger partial charge in [0, 0.05) is 12.5 Å². The van der Waals surface area contributed by atoms with Crippen LogP contribution in [0.15, 0.2) is 23.1 Å². The van der Waals surface area contributed by atoms with E-state index in [9.17, 15) is 21.6 Å². The summed E-state index contributed by atoms with van der Waals surface area (Å²) in [6.45, 7) is 2.66. The second-order valence-electron chi connectivity index (χ2n) is 4.58. The monoisotopic (exact) mass is 340 g/mol. The van der Waals surface area contributed by atoms with Crippen LogP contribution in [0.2, 0.25) is 0 Å². The van der Waals surface area contributed by atoms with Crippen molar-refractivity contribution in [3.63, 3.8) is 0 Å². The van der Waals surface area contributed by atoms with Gasteiger partial charge < -0.3 is 5.73 Å². The van der Waals surface area contributed by atoms with Crippen LogP contribution < -0.4 is 10.5 Å².